The first-order valence-electron chi connectivity index (χ1n) is 10.5. The van der Waals surface area contributed by atoms with Gasteiger partial charge in [-0.3, -0.25) is 14.7 Å². The number of nitrogens with zero attached hydrogens (tertiary/aromatic N) is 6. The van der Waals surface area contributed by atoms with Crippen molar-refractivity contribution in [2.24, 2.45) is 16.7 Å². The lowest BCUT2D eigenvalue weighted by atomic mass is 10.1. The van der Waals surface area contributed by atoms with E-state index in [1.165, 1.54) is 5.12 Å². The molecule has 0 radical (unpaired) electrons. The molecule has 0 unspecified atom stereocenters. The van der Waals surface area contributed by atoms with E-state index >= 15 is 0 Å². The van der Waals surface area contributed by atoms with Gasteiger partial charge in [0.15, 0.2) is 0 Å². The van der Waals surface area contributed by atoms with Crippen LogP contribution in [0.4, 0.5) is 0 Å². The predicted octanol–water partition coefficient (Wildman–Crippen LogP) is 1.46. The minimum absolute atomic E-state index is 0.0415. The fourth-order valence-corrected chi connectivity index (χ4v) is 3.63. The number of hydrogen-bond acceptors (Lipinski definition) is 8. The summed E-state index contributed by atoms with van der Waals surface area (Å²) in [7, 11) is 1.56. The van der Waals surface area contributed by atoms with Gasteiger partial charge in [-0.15, -0.1) is 5.10 Å². The van der Waals surface area contributed by atoms with Crippen LogP contribution in [0.5, 0.6) is 5.88 Å². The Kier molecular flexibility index (Phi) is 8.58. The van der Waals surface area contributed by atoms with Gasteiger partial charge >= 0.3 is 0 Å². The van der Waals surface area contributed by atoms with Crippen molar-refractivity contribution in [1.82, 2.24) is 24.9 Å². The Morgan fingerprint density at radius 1 is 1.27 bits per heavy atom. The zero-order valence-electron chi connectivity index (χ0n) is 18.8. The van der Waals surface area contributed by atoms with Gasteiger partial charge in [0.05, 0.1) is 31.7 Å². The number of rotatable bonds is 8. The zero-order chi connectivity index (χ0) is 23.8. The molecule has 1 aliphatic heterocycles. The largest absolute Gasteiger partial charge is 0.480 e. The third-order valence-corrected chi connectivity index (χ3v) is 5.32. The summed E-state index contributed by atoms with van der Waals surface area (Å²) in [5.41, 5.74) is 8.13. The van der Waals surface area contributed by atoms with E-state index in [0.717, 1.165) is 29.9 Å². The van der Waals surface area contributed by atoms with Crippen LogP contribution in [-0.2, 0) is 17.9 Å². The summed E-state index contributed by atoms with van der Waals surface area (Å²) < 4.78 is 5.04. The molecule has 1 aromatic carbocycles. The number of amidine groups is 1. The second kappa shape index (κ2) is 11.6. The summed E-state index contributed by atoms with van der Waals surface area (Å²) in [5.74, 6) is 6.69. The quantitative estimate of drug-likeness (QED) is 0.194. The van der Waals surface area contributed by atoms with Crippen LogP contribution in [0.2, 0.25) is 5.02 Å². The molecule has 1 fully saturated rings. The number of hydrogen-bond donors (Lipinski definition) is 2. The average Bonchev–Trinajstić information content (AvgIpc) is 2.79. The SMILES string of the molecule is COc1cnc(CN2CCN(C(=O)/C=C/c3ccc(Cl)cc3CN(N)/N=C(/C)N)CC2)cn1. The Morgan fingerprint density at radius 2 is 2.03 bits per heavy atom. The molecule has 1 amide bonds. The number of piperazine rings is 1. The van der Waals surface area contributed by atoms with Crippen LogP contribution in [0, 0.1) is 0 Å². The highest BCUT2D eigenvalue weighted by atomic mass is 35.5. The summed E-state index contributed by atoms with van der Waals surface area (Å²) in [6, 6.07) is 5.42. The van der Waals surface area contributed by atoms with Crippen LogP contribution in [0.15, 0.2) is 41.8 Å². The van der Waals surface area contributed by atoms with Gasteiger partial charge in [0.25, 0.3) is 0 Å². The third kappa shape index (κ3) is 7.41. The highest BCUT2D eigenvalue weighted by Crippen LogP contribution is 2.19. The van der Waals surface area contributed by atoms with Crippen LogP contribution in [-0.4, -0.2) is 69.9 Å². The number of amides is 1. The van der Waals surface area contributed by atoms with Crippen LogP contribution in [0.1, 0.15) is 23.7 Å². The monoisotopic (exact) mass is 472 g/mol. The molecule has 1 aliphatic rings. The highest BCUT2D eigenvalue weighted by Gasteiger charge is 2.20. The third-order valence-electron chi connectivity index (χ3n) is 5.09. The molecule has 33 heavy (non-hydrogen) atoms. The maximum absolute atomic E-state index is 12.7. The van der Waals surface area contributed by atoms with Gasteiger partial charge in [-0.2, -0.15) is 0 Å². The van der Waals surface area contributed by atoms with Crippen LogP contribution >= 0.6 is 11.6 Å². The number of methoxy groups -OCH3 is 1. The number of ether oxygens (including phenoxy) is 1. The van der Waals surface area contributed by atoms with Gasteiger partial charge < -0.3 is 15.4 Å². The van der Waals surface area contributed by atoms with Crippen molar-refractivity contribution in [3.05, 3.63) is 58.5 Å². The fourth-order valence-electron chi connectivity index (χ4n) is 3.44. The molecule has 11 heteroatoms. The van der Waals surface area contributed by atoms with E-state index in [-0.39, 0.29) is 5.91 Å². The number of halogens is 1. The standard InChI is InChI=1S/C22H29ClN8O2/c1-16(24)28-31(25)14-18-11-19(23)5-3-17(18)4-6-22(32)30-9-7-29(8-10-30)15-20-12-27-21(33-2)13-26-20/h3-6,11-13H,7-10,14-15,25H2,1-2H3,(H2,24,28)/b6-4+. The van der Waals surface area contributed by atoms with E-state index in [9.17, 15) is 4.79 Å². The average molecular weight is 473 g/mol. The van der Waals surface area contributed by atoms with Crippen molar-refractivity contribution in [3.8, 4) is 5.88 Å². The number of carbonyl (C=O) groups is 1. The van der Waals surface area contributed by atoms with Crippen molar-refractivity contribution in [2.75, 3.05) is 33.3 Å². The molecule has 176 valence electrons. The maximum Gasteiger partial charge on any atom is 0.246 e. The number of aromatic nitrogens is 2. The number of hydrazone groups is 1. The Morgan fingerprint density at radius 3 is 2.67 bits per heavy atom. The Labute approximate surface area is 198 Å². The molecule has 0 spiro atoms. The molecule has 2 heterocycles. The van der Waals surface area contributed by atoms with E-state index in [2.05, 4.69) is 20.0 Å². The summed E-state index contributed by atoms with van der Waals surface area (Å²) in [6.45, 7) is 5.44. The smallest absolute Gasteiger partial charge is 0.246 e. The first-order chi connectivity index (χ1) is 15.8. The molecule has 0 bridgehead atoms. The van der Waals surface area contributed by atoms with Crippen molar-refractivity contribution in [1.29, 1.82) is 0 Å². The van der Waals surface area contributed by atoms with Gasteiger partial charge in [0.1, 0.15) is 5.84 Å². The molecule has 1 saturated heterocycles. The Hall–Kier alpha value is -3.21. The summed E-state index contributed by atoms with van der Waals surface area (Å²) in [5, 5.41) is 5.82. The molecular weight excluding hydrogens is 444 g/mol. The second-order valence-electron chi connectivity index (χ2n) is 7.67. The van der Waals surface area contributed by atoms with Crippen molar-refractivity contribution in [2.45, 2.75) is 20.0 Å². The first kappa shape index (κ1) is 24.4. The molecule has 0 aliphatic carbocycles. The predicted molar refractivity (Wildman–Crippen MR) is 128 cm³/mol. The van der Waals surface area contributed by atoms with Crippen LogP contribution in [0.3, 0.4) is 0 Å². The number of carbonyl (C=O) groups excluding carboxylic acids is 1. The van der Waals surface area contributed by atoms with Gasteiger partial charge in [0.2, 0.25) is 11.8 Å². The van der Waals surface area contributed by atoms with Crippen molar-refractivity contribution < 1.29 is 9.53 Å². The molecule has 3 rings (SSSR count). The Bertz CT molecular complexity index is 1000. The van der Waals surface area contributed by atoms with Gasteiger partial charge in [-0.25, -0.2) is 15.9 Å². The van der Waals surface area contributed by atoms with Crippen LogP contribution in [0.25, 0.3) is 6.08 Å². The molecule has 1 aromatic heterocycles. The number of hydrazine groups is 1. The summed E-state index contributed by atoms with van der Waals surface area (Å²) in [4.78, 5) is 25.4. The minimum atomic E-state index is -0.0415. The lowest BCUT2D eigenvalue weighted by molar-refractivity contribution is -0.127. The number of benzene rings is 1. The maximum atomic E-state index is 12.7. The lowest BCUT2D eigenvalue weighted by Crippen LogP contribution is -2.47. The van der Waals surface area contributed by atoms with Gasteiger partial charge in [-0.05, 0) is 36.3 Å². The van der Waals surface area contributed by atoms with Crippen molar-refractivity contribution >= 4 is 29.4 Å². The lowest BCUT2D eigenvalue weighted by Gasteiger charge is -2.34. The van der Waals surface area contributed by atoms with Gasteiger partial charge in [-0.1, -0.05) is 17.7 Å². The molecule has 10 nitrogen and oxygen atoms in total. The minimum Gasteiger partial charge on any atom is -0.480 e. The highest BCUT2D eigenvalue weighted by molar-refractivity contribution is 6.30. The van der Waals surface area contributed by atoms with E-state index in [1.807, 2.05) is 11.0 Å². The van der Waals surface area contributed by atoms with Gasteiger partial charge in [0, 0.05) is 43.8 Å². The molecule has 2 aromatic rings. The van der Waals surface area contributed by atoms with E-state index in [4.69, 9.17) is 27.9 Å². The van der Waals surface area contributed by atoms with E-state index in [1.54, 1.807) is 50.7 Å². The number of nitrogens with two attached hydrogens (primary N) is 2. The topological polar surface area (TPSA) is 126 Å². The first-order valence-corrected chi connectivity index (χ1v) is 10.9. The molecular formula is C22H29ClN8O2. The van der Waals surface area contributed by atoms with Crippen molar-refractivity contribution in [3.63, 3.8) is 0 Å². The fraction of sp³-hybridized carbons (Fsp3) is 0.364. The normalized spacial score (nSPS) is 15.2. The molecule has 0 atom stereocenters. The second-order valence-corrected chi connectivity index (χ2v) is 8.10. The van der Waals surface area contributed by atoms with E-state index < -0.39 is 0 Å². The Balaban J connectivity index is 1.56. The van der Waals surface area contributed by atoms with E-state index in [0.29, 0.717) is 42.9 Å². The molecule has 4 N–H and O–H groups in total. The summed E-state index contributed by atoms with van der Waals surface area (Å²) >= 11 is 6.14. The van der Waals surface area contributed by atoms with Crippen LogP contribution < -0.4 is 16.3 Å². The zero-order valence-corrected chi connectivity index (χ0v) is 19.6. The molecule has 0 saturated carbocycles. The summed E-state index contributed by atoms with van der Waals surface area (Å²) in [6.07, 6.45) is 6.68.